The van der Waals surface area contributed by atoms with Crippen LogP contribution in [0.15, 0.2) is 28.7 Å². The Hall–Kier alpha value is -0.910. The molecule has 0 N–H and O–H groups in total. The minimum absolute atomic E-state index is 0.0225. The van der Waals surface area contributed by atoms with E-state index >= 15 is 0 Å². The Morgan fingerprint density at radius 2 is 2.14 bits per heavy atom. The molecule has 0 unspecified atom stereocenters. The van der Waals surface area contributed by atoms with Crippen molar-refractivity contribution < 1.29 is 14.3 Å². The maximum Gasteiger partial charge on any atom is 0.255 e. The van der Waals surface area contributed by atoms with Gasteiger partial charge in [0.2, 0.25) is 0 Å². The Labute approximate surface area is 133 Å². The fourth-order valence-corrected chi connectivity index (χ4v) is 3.71. The lowest BCUT2D eigenvalue weighted by Crippen LogP contribution is -2.59. The van der Waals surface area contributed by atoms with Gasteiger partial charge in [0.1, 0.15) is 5.60 Å². The minimum atomic E-state index is -0.353. The predicted molar refractivity (Wildman–Crippen MR) is 83.4 cm³/mol. The first kappa shape index (κ1) is 15.0. The molecule has 0 aliphatic carbocycles. The molecule has 2 fully saturated rings. The third kappa shape index (κ3) is 2.74. The molecule has 2 saturated heterocycles. The highest BCUT2D eigenvalue weighted by atomic mass is 79.9. The summed E-state index contributed by atoms with van der Waals surface area (Å²) in [5, 5.41) is 0. The molecule has 0 saturated carbocycles. The summed E-state index contributed by atoms with van der Waals surface area (Å²) in [6.45, 7) is 5.97. The second-order valence-electron chi connectivity index (χ2n) is 5.92. The lowest BCUT2D eigenvalue weighted by atomic mass is 9.92. The summed E-state index contributed by atoms with van der Waals surface area (Å²) in [6.07, 6.45) is 0.891. The van der Waals surface area contributed by atoms with E-state index in [1.807, 2.05) is 43.0 Å². The first-order valence-electron chi connectivity index (χ1n) is 7.35. The molecule has 3 atom stereocenters. The van der Waals surface area contributed by atoms with Gasteiger partial charge in [0.25, 0.3) is 5.91 Å². The highest BCUT2D eigenvalue weighted by Crippen LogP contribution is 2.35. The largest absolute Gasteiger partial charge is 0.375 e. The molecule has 21 heavy (non-hydrogen) atoms. The molecular weight excluding hydrogens is 334 g/mol. The topological polar surface area (TPSA) is 38.8 Å². The smallest absolute Gasteiger partial charge is 0.255 e. The number of nitrogens with zero attached hydrogens (tertiary/aromatic N) is 1. The summed E-state index contributed by atoms with van der Waals surface area (Å²) in [7, 11) is 0. The molecular formula is C16H20BrNO3. The van der Waals surface area contributed by atoms with E-state index in [-0.39, 0.29) is 23.7 Å². The van der Waals surface area contributed by atoms with Crippen molar-refractivity contribution in [2.45, 2.75) is 38.1 Å². The molecule has 0 radical (unpaired) electrons. The molecule has 4 nitrogen and oxygen atoms in total. The lowest BCUT2D eigenvalue weighted by molar-refractivity contribution is -0.160. The number of amides is 1. The van der Waals surface area contributed by atoms with Crippen LogP contribution in [0.2, 0.25) is 0 Å². The van der Waals surface area contributed by atoms with E-state index in [0.717, 1.165) is 10.9 Å². The minimum Gasteiger partial charge on any atom is -0.375 e. The molecule has 2 aliphatic rings. The van der Waals surface area contributed by atoms with Crippen molar-refractivity contribution in [3.8, 4) is 0 Å². The fourth-order valence-electron chi connectivity index (χ4n) is 3.26. The van der Waals surface area contributed by atoms with Crippen LogP contribution >= 0.6 is 15.9 Å². The Morgan fingerprint density at radius 3 is 2.81 bits per heavy atom. The molecule has 0 aromatic heterocycles. The van der Waals surface area contributed by atoms with Crippen LogP contribution in [0, 0.1) is 0 Å². The second kappa shape index (κ2) is 5.71. The number of benzene rings is 1. The number of carbonyl (C=O) groups is 1. The highest BCUT2D eigenvalue weighted by molar-refractivity contribution is 9.10. The monoisotopic (exact) mass is 353 g/mol. The highest BCUT2D eigenvalue weighted by Gasteiger charge is 2.48. The zero-order valence-corrected chi connectivity index (χ0v) is 13.9. The zero-order valence-electron chi connectivity index (χ0n) is 12.3. The molecule has 2 aliphatic heterocycles. The van der Waals surface area contributed by atoms with Gasteiger partial charge in [-0.25, -0.2) is 0 Å². The summed E-state index contributed by atoms with van der Waals surface area (Å²) in [6, 6.07) is 7.55. The molecule has 114 valence electrons. The maximum atomic E-state index is 12.8. The predicted octanol–water partition coefficient (Wildman–Crippen LogP) is 2.86. The van der Waals surface area contributed by atoms with Crippen molar-refractivity contribution >= 4 is 21.8 Å². The molecule has 5 heteroatoms. The van der Waals surface area contributed by atoms with Gasteiger partial charge in [-0.05, 0) is 41.9 Å². The summed E-state index contributed by atoms with van der Waals surface area (Å²) in [5.41, 5.74) is 0.350. The number of ether oxygens (including phenoxy) is 2. The van der Waals surface area contributed by atoms with Crippen molar-refractivity contribution in [3.63, 3.8) is 0 Å². The van der Waals surface area contributed by atoms with Crippen molar-refractivity contribution in [2.24, 2.45) is 0 Å². The second-order valence-corrected chi connectivity index (χ2v) is 6.78. The Bertz CT molecular complexity index is 550. The molecule has 0 bridgehead atoms. The first-order valence-corrected chi connectivity index (χ1v) is 8.14. The lowest BCUT2D eigenvalue weighted by Gasteiger charge is -2.45. The van der Waals surface area contributed by atoms with Crippen LogP contribution in [0.4, 0.5) is 0 Å². The summed E-state index contributed by atoms with van der Waals surface area (Å²) < 4.78 is 12.7. The van der Waals surface area contributed by atoms with E-state index in [1.54, 1.807) is 0 Å². The van der Waals surface area contributed by atoms with Gasteiger partial charge in [-0.15, -0.1) is 0 Å². The van der Waals surface area contributed by atoms with E-state index in [4.69, 9.17) is 9.47 Å². The number of hydrogen-bond donors (Lipinski definition) is 0. The van der Waals surface area contributed by atoms with E-state index in [9.17, 15) is 4.79 Å². The van der Waals surface area contributed by atoms with Crippen LogP contribution in [-0.2, 0) is 9.47 Å². The summed E-state index contributed by atoms with van der Waals surface area (Å²) >= 11 is 3.46. The Kier molecular flexibility index (Phi) is 4.08. The van der Waals surface area contributed by atoms with Gasteiger partial charge in [0.05, 0.1) is 24.3 Å². The average molecular weight is 354 g/mol. The van der Waals surface area contributed by atoms with Gasteiger partial charge in [-0.1, -0.05) is 12.1 Å². The number of hydrogen-bond acceptors (Lipinski definition) is 3. The first-order chi connectivity index (χ1) is 10.0. The maximum absolute atomic E-state index is 12.8. The van der Waals surface area contributed by atoms with Crippen LogP contribution in [0.1, 0.15) is 30.6 Å². The van der Waals surface area contributed by atoms with Gasteiger partial charge >= 0.3 is 0 Å². The summed E-state index contributed by atoms with van der Waals surface area (Å²) in [5.74, 6) is 0.0519. The molecule has 1 spiro atoms. The quantitative estimate of drug-likeness (QED) is 0.779. The van der Waals surface area contributed by atoms with Gasteiger partial charge in [0, 0.05) is 24.0 Å². The standard InChI is InChI=1S/C16H20BrNO3/c1-11-9-18(10-16(21-11)7-8-20-12(16)2)15(19)13-5-3-4-6-14(13)17/h3-6,11-12H,7-10H2,1-2H3/t11-,12+,16+/m1/s1. The fraction of sp³-hybridized carbons (Fsp3) is 0.562. The molecule has 1 aromatic rings. The van der Waals surface area contributed by atoms with Crippen LogP contribution in [0.25, 0.3) is 0 Å². The van der Waals surface area contributed by atoms with Gasteiger partial charge in [0.15, 0.2) is 0 Å². The van der Waals surface area contributed by atoms with E-state index in [1.165, 1.54) is 0 Å². The van der Waals surface area contributed by atoms with Gasteiger partial charge in [-0.3, -0.25) is 4.79 Å². The average Bonchev–Trinajstić information content (AvgIpc) is 2.78. The van der Waals surface area contributed by atoms with Crippen LogP contribution in [0.3, 0.4) is 0 Å². The normalized spacial score (nSPS) is 32.6. The van der Waals surface area contributed by atoms with Gasteiger partial charge < -0.3 is 14.4 Å². The van der Waals surface area contributed by atoms with Crippen molar-refractivity contribution in [1.29, 1.82) is 0 Å². The number of carbonyl (C=O) groups excluding carboxylic acids is 1. The summed E-state index contributed by atoms with van der Waals surface area (Å²) in [4.78, 5) is 14.7. The third-order valence-electron chi connectivity index (χ3n) is 4.40. The van der Waals surface area contributed by atoms with Crippen LogP contribution < -0.4 is 0 Å². The van der Waals surface area contributed by atoms with E-state index < -0.39 is 0 Å². The molecule has 3 rings (SSSR count). The number of rotatable bonds is 1. The van der Waals surface area contributed by atoms with E-state index in [2.05, 4.69) is 15.9 Å². The SMILES string of the molecule is C[C@@H]1CN(C(=O)c2ccccc2Br)C[C@]2(CCO[C@H]2C)O1. The number of halogens is 1. The molecule has 2 heterocycles. The van der Waals surface area contributed by atoms with Crippen molar-refractivity contribution in [3.05, 3.63) is 34.3 Å². The Balaban J connectivity index is 1.85. The Morgan fingerprint density at radius 1 is 1.38 bits per heavy atom. The van der Waals surface area contributed by atoms with Crippen LogP contribution in [-0.4, -0.2) is 48.3 Å². The van der Waals surface area contributed by atoms with Crippen LogP contribution in [0.5, 0.6) is 0 Å². The van der Waals surface area contributed by atoms with Crippen molar-refractivity contribution in [2.75, 3.05) is 19.7 Å². The third-order valence-corrected chi connectivity index (χ3v) is 5.09. The molecule has 1 amide bonds. The van der Waals surface area contributed by atoms with Crippen molar-refractivity contribution in [1.82, 2.24) is 4.90 Å². The zero-order chi connectivity index (χ0) is 15.0. The molecule has 1 aromatic carbocycles. The van der Waals surface area contributed by atoms with E-state index in [0.29, 0.717) is 25.3 Å². The van der Waals surface area contributed by atoms with Gasteiger partial charge in [-0.2, -0.15) is 0 Å². The number of morpholine rings is 1.